The second kappa shape index (κ2) is 8.62. The van der Waals surface area contributed by atoms with Gasteiger partial charge in [0.2, 0.25) is 0 Å². The van der Waals surface area contributed by atoms with E-state index in [2.05, 4.69) is 10.3 Å². The average molecular weight is 285 g/mol. The summed E-state index contributed by atoms with van der Waals surface area (Å²) in [6.07, 6.45) is 1.61. The molecule has 0 fully saturated rings. The first-order valence-electron chi connectivity index (χ1n) is 6.53. The van der Waals surface area contributed by atoms with E-state index in [0.717, 1.165) is 0 Å². The zero-order chi connectivity index (χ0) is 15.0. The van der Waals surface area contributed by atoms with Crippen molar-refractivity contribution in [1.29, 1.82) is 0 Å². The zero-order valence-corrected chi connectivity index (χ0v) is 12.3. The number of hydrogen-bond donors (Lipinski definition) is 1. The number of carbonyl (C=O) groups is 1. The highest BCUT2D eigenvalue weighted by atomic mass is 16.5. The third-order valence-corrected chi connectivity index (χ3v) is 2.85. The first-order chi connectivity index (χ1) is 9.63. The van der Waals surface area contributed by atoms with Crippen LogP contribution in [0.15, 0.2) is 6.20 Å². The number of carbonyl (C=O) groups excluding carboxylic acids is 1. The quantitative estimate of drug-likeness (QED) is 0.648. The van der Waals surface area contributed by atoms with Gasteiger partial charge in [0.05, 0.1) is 32.0 Å². The summed E-state index contributed by atoms with van der Waals surface area (Å²) < 4.78 is 11.7. The molecular weight excluding hydrogens is 262 g/mol. The molecule has 1 unspecified atom stereocenters. The van der Waals surface area contributed by atoms with E-state index >= 15 is 0 Å². The van der Waals surface area contributed by atoms with Crippen molar-refractivity contribution in [3.63, 3.8) is 0 Å². The fraction of sp³-hybridized carbons (Fsp3) is 0.750. The van der Waals surface area contributed by atoms with Gasteiger partial charge in [-0.15, -0.1) is 5.10 Å². The molecule has 0 aliphatic heterocycles. The number of amides is 1. The second-order valence-corrected chi connectivity index (χ2v) is 4.45. The van der Waals surface area contributed by atoms with Gasteiger partial charge in [0.15, 0.2) is 5.69 Å². The maximum Gasteiger partial charge on any atom is 0.276 e. The lowest BCUT2D eigenvalue weighted by Crippen LogP contribution is -2.43. The molecule has 1 aromatic rings. The van der Waals surface area contributed by atoms with Crippen molar-refractivity contribution in [1.82, 2.24) is 19.9 Å². The van der Waals surface area contributed by atoms with Crippen LogP contribution in [0.1, 0.15) is 17.4 Å². The summed E-state index contributed by atoms with van der Waals surface area (Å²) in [6, 6.07) is -0.0673. The Balaban J connectivity index is 2.79. The number of methoxy groups -OCH3 is 2. The number of rotatable bonds is 9. The van der Waals surface area contributed by atoms with Crippen LogP contribution in [0.2, 0.25) is 0 Å². The molecule has 0 saturated carbocycles. The number of aromatic nitrogens is 3. The van der Waals surface area contributed by atoms with Gasteiger partial charge in [0.1, 0.15) is 0 Å². The molecule has 1 rings (SSSR count). The smallest absolute Gasteiger partial charge is 0.276 e. The standard InChI is InChI=1S/C12H23N5O3/c1-10(9-20-3)17(6-7-19-2)12(18)11-8-16(5-4-13)15-14-11/h8,10H,4-7,9,13H2,1-3H3. The van der Waals surface area contributed by atoms with Crippen molar-refractivity contribution in [3.05, 3.63) is 11.9 Å². The fourth-order valence-corrected chi connectivity index (χ4v) is 1.83. The summed E-state index contributed by atoms with van der Waals surface area (Å²) in [7, 11) is 3.20. The molecule has 0 saturated heterocycles. The third kappa shape index (κ3) is 4.55. The molecule has 0 radical (unpaired) electrons. The normalized spacial score (nSPS) is 12.4. The van der Waals surface area contributed by atoms with Crippen molar-refractivity contribution in [2.24, 2.45) is 5.73 Å². The van der Waals surface area contributed by atoms with E-state index in [0.29, 0.717) is 38.5 Å². The van der Waals surface area contributed by atoms with Gasteiger partial charge >= 0.3 is 0 Å². The van der Waals surface area contributed by atoms with Gasteiger partial charge in [-0.3, -0.25) is 9.48 Å². The Morgan fingerprint density at radius 3 is 2.85 bits per heavy atom. The number of hydrogen-bond acceptors (Lipinski definition) is 6. The van der Waals surface area contributed by atoms with Crippen LogP contribution in [0.3, 0.4) is 0 Å². The van der Waals surface area contributed by atoms with Gasteiger partial charge in [-0.1, -0.05) is 5.21 Å². The molecule has 0 spiro atoms. The minimum Gasteiger partial charge on any atom is -0.383 e. The van der Waals surface area contributed by atoms with E-state index in [4.69, 9.17) is 15.2 Å². The first kappa shape index (κ1) is 16.5. The van der Waals surface area contributed by atoms with Crippen LogP contribution in [-0.4, -0.2) is 72.4 Å². The highest BCUT2D eigenvalue weighted by Crippen LogP contribution is 2.07. The molecule has 1 aromatic heterocycles. The molecule has 8 nitrogen and oxygen atoms in total. The Morgan fingerprint density at radius 1 is 1.50 bits per heavy atom. The van der Waals surface area contributed by atoms with Crippen LogP contribution < -0.4 is 5.73 Å². The molecule has 1 atom stereocenters. The molecule has 20 heavy (non-hydrogen) atoms. The van der Waals surface area contributed by atoms with Crippen molar-refractivity contribution < 1.29 is 14.3 Å². The van der Waals surface area contributed by atoms with Crippen LogP contribution in [0.4, 0.5) is 0 Å². The lowest BCUT2D eigenvalue weighted by atomic mass is 10.2. The molecule has 2 N–H and O–H groups in total. The van der Waals surface area contributed by atoms with Crippen molar-refractivity contribution in [2.45, 2.75) is 19.5 Å². The van der Waals surface area contributed by atoms with E-state index in [1.807, 2.05) is 6.92 Å². The van der Waals surface area contributed by atoms with Crippen LogP contribution in [0, 0.1) is 0 Å². The minimum atomic E-state index is -0.185. The molecule has 8 heteroatoms. The van der Waals surface area contributed by atoms with Crippen LogP contribution >= 0.6 is 0 Å². The van der Waals surface area contributed by atoms with Gasteiger partial charge in [-0.05, 0) is 6.92 Å². The van der Waals surface area contributed by atoms with Gasteiger partial charge in [0.25, 0.3) is 5.91 Å². The largest absolute Gasteiger partial charge is 0.383 e. The number of ether oxygens (including phenoxy) is 2. The Kier molecular flexibility index (Phi) is 7.13. The lowest BCUT2D eigenvalue weighted by Gasteiger charge is -2.27. The number of nitrogens with zero attached hydrogens (tertiary/aromatic N) is 4. The SMILES string of the molecule is COCCN(C(=O)c1cn(CCN)nn1)C(C)COC. The van der Waals surface area contributed by atoms with Crippen LogP contribution in [0.5, 0.6) is 0 Å². The second-order valence-electron chi connectivity index (χ2n) is 4.45. The van der Waals surface area contributed by atoms with Gasteiger partial charge < -0.3 is 20.1 Å². The van der Waals surface area contributed by atoms with Crippen molar-refractivity contribution in [3.8, 4) is 0 Å². The van der Waals surface area contributed by atoms with E-state index < -0.39 is 0 Å². The Morgan fingerprint density at radius 2 is 2.25 bits per heavy atom. The maximum absolute atomic E-state index is 12.5. The Hall–Kier alpha value is -1.51. The molecule has 0 aromatic carbocycles. The van der Waals surface area contributed by atoms with Crippen molar-refractivity contribution in [2.75, 3.05) is 40.5 Å². The molecule has 1 amide bonds. The molecule has 1 heterocycles. The molecular formula is C12H23N5O3. The number of nitrogens with two attached hydrogens (primary N) is 1. The summed E-state index contributed by atoms with van der Waals surface area (Å²) in [5, 5.41) is 7.76. The van der Waals surface area contributed by atoms with E-state index in [1.54, 1.807) is 30.0 Å². The summed E-state index contributed by atoms with van der Waals surface area (Å²) in [6.45, 7) is 4.28. The average Bonchev–Trinajstić information content (AvgIpc) is 2.88. The highest BCUT2D eigenvalue weighted by molar-refractivity contribution is 5.92. The first-order valence-corrected chi connectivity index (χ1v) is 6.53. The zero-order valence-electron chi connectivity index (χ0n) is 12.3. The third-order valence-electron chi connectivity index (χ3n) is 2.85. The summed E-state index contributed by atoms with van der Waals surface area (Å²) in [5.74, 6) is -0.185. The highest BCUT2D eigenvalue weighted by Gasteiger charge is 2.23. The minimum absolute atomic E-state index is 0.0673. The predicted molar refractivity (Wildman–Crippen MR) is 73.3 cm³/mol. The van der Waals surface area contributed by atoms with Crippen LogP contribution in [0.25, 0.3) is 0 Å². The lowest BCUT2D eigenvalue weighted by molar-refractivity contribution is 0.0474. The fourth-order valence-electron chi connectivity index (χ4n) is 1.83. The monoisotopic (exact) mass is 285 g/mol. The summed E-state index contributed by atoms with van der Waals surface area (Å²) in [5.41, 5.74) is 5.75. The Labute approximate surface area is 118 Å². The van der Waals surface area contributed by atoms with E-state index in [9.17, 15) is 4.79 Å². The van der Waals surface area contributed by atoms with Gasteiger partial charge in [-0.2, -0.15) is 0 Å². The van der Waals surface area contributed by atoms with Gasteiger partial charge in [0, 0.05) is 27.3 Å². The maximum atomic E-state index is 12.5. The molecule has 114 valence electrons. The van der Waals surface area contributed by atoms with Crippen LogP contribution in [-0.2, 0) is 16.0 Å². The Bertz CT molecular complexity index is 410. The summed E-state index contributed by atoms with van der Waals surface area (Å²) >= 11 is 0. The molecule has 0 aliphatic rings. The van der Waals surface area contributed by atoms with E-state index in [-0.39, 0.29) is 11.9 Å². The van der Waals surface area contributed by atoms with E-state index in [1.165, 1.54) is 0 Å². The molecule has 0 aliphatic carbocycles. The topological polar surface area (TPSA) is 95.5 Å². The summed E-state index contributed by atoms with van der Waals surface area (Å²) in [4.78, 5) is 14.1. The predicted octanol–water partition coefficient (Wildman–Crippen LogP) is -0.640. The van der Waals surface area contributed by atoms with Crippen molar-refractivity contribution >= 4 is 5.91 Å². The van der Waals surface area contributed by atoms with Gasteiger partial charge in [-0.25, -0.2) is 0 Å². The molecule has 0 bridgehead atoms.